The van der Waals surface area contributed by atoms with Gasteiger partial charge in [-0.25, -0.2) is 29.3 Å². The van der Waals surface area contributed by atoms with Crippen LogP contribution in [-0.4, -0.2) is 66.9 Å². The first-order valence-electron chi connectivity index (χ1n) is 12.3. The van der Waals surface area contributed by atoms with Crippen LogP contribution in [0.2, 0.25) is 0 Å². The molecule has 36 heavy (non-hydrogen) atoms. The molecule has 0 amide bonds. The van der Waals surface area contributed by atoms with Crippen molar-refractivity contribution in [2.24, 2.45) is 0 Å². The first-order chi connectivity index (χ1) is 17.4. The fourth-order valence-electron chi connectivity index (χ4n) is 4.41. The van der Waals surface area contributed by atoms with Gasteiger partial charge in [0, 0.05) is 50.5 Å². The number of nitrogens with zero attached hydrogens (tertiary/aromatic N) is 7. The summed E-state index contributed by atoms with van der Waals surface area (Å²) in [6.45, 7) is 13.5. The Bertz CT molecular complexity index is 1360. The Labute approximate surface area is 210 Å². The average Bonchev–Trinajstić information content (AvgIpc) is 2.87. The molecule has 1 aromatic carbocycles. The van der Waals surface area contributed by atoms with E-state index in [1.165, 1.54) is 6.20 Å². The van der Waals surface area contributed by atoms with Gasteiger partial charge in [-0.1, -0.05) is 12.1 Å². The highest BCUT2D eigenvalue weighted by Gasteiger charge is 2.19. The van der Waals surface area contributed by atoms with Crippen LogP contribution in [-0.2, 0) is 6.54 Å². The number of halogens is 1. The molecule has 9 heteroatoms. The monoisotopic (exact) mass is 486 g/mol. The van der Waals surface area contributed by atoms with Gasteiger partial charge in [0.25, 0.3) is 0 Å². The van der Waals surface area contributed by atoms with Crippen molar-refractivity contribution >= 4 is 22.8 Å². The molecule has 5 rings (SSSR count). The van der Waals surface area contributed by atoms with Crippen molar-refractivity contribution < 1.29 is 4.39 Å². The molecule has 0 aliphatic carbocycles. The second-order valence-electron chi connectivity index (χ2n) is 9.57. The molecular formula is C27H31FN8. The van der Waals surface area contributed by atoms with Crippen molar-refractivity contribution in [3.05, 3.63) is 65.5 Å². The van der Waals surface area contributed by atoms with Crippen LogP contribution < -0.4 is 5.32 Å². The Hall–Kier alpha value is -3.56. The molecule has 0 spiro atoms. The predicted octanol–water partition coefficient (Wildman–Crippen LogP) is 4.51. The minimum absolute atomic E-state index is 0.201. The zero-order chi connectivity index (χ0) is 25.2. The highest BCUT2D eigenvalue weighted by molar-refractivity contribution is 5.81. The number of hydrogen-bond acceptors (Lipinski definition) is 8. The van der Waals surface area contributed by atoms with Crippen LogP contribution in [0.1, 0.15) is 30.8 Å². The maximum atomic E-state index is 14.7. The Morgan fingerprint density at radius 2 is 1.64 bits per heavy atom. The van der Waals surface area contributed by atoms with Crippen LogP contribution in [0.15, 0.2) is 42.7 Å². The van der Waals surface area contributed by atoms with Crippen molar-refractivity contribution in [3.63, 3.8) is 0 Å². The molecule has 3 aromatic heterocycles. The molecule has 1 aliphatic rings. The molecule has 1 saturated heterocycles. The lowest BCUT2D eigenvalue weighted by Gasteiger charge is -2.36. The summed E-state index contributed by atoms with van der Waals surface area (Å²) in [4.78, 5) is 27.1. The van der Waals surface area contributed by atoms with Gasteiger partial charge in [-0.3, -0.25) is 9.80 Å². The van der Waals surface area contributed by atoms with E-state index in [4.69, 9.17) is 0 Å². The molecule has 8 nitrogen and oxygen atoms in total. The lowest BCUT2D eigenvalue weighted by atomic mass is 10.1. The maximum Gasteiger partial charge on any atom is 0.229 e. The molecular weight excluding hydrogens is 455 g/mol. The molecule has 1 N–H and O–H groups in total. The van der Waals surface area contributed by atoms with Gasteiger partial charge in [-0.15, -0.1) is 0 Å². The summed E-state index contributed by atoms with van der Waals surface area (Å²) in [6, 6.07) is 10.00. The normalized spacial score (nSPS) is 15.1. The minimum Gasteiger partial charge on any atom is -0.309 e. The summed E-state index contributed by atoms with van der Waals surface area (Å²) in [5.41, 5.74) is 5.16. The number of pyridine rings is 1. The van der Waals surface area contributed by atoms with Crippen molar-refractivity contribution in [3.8, 4) is 11.3 Å². The lowest BCUT2D eigenvalue weighted by molar-refractivity contribution is 0.104. The smallest absolute Gasteiger partial charge is 0.229 e. The van der Waals surface area contributed by atoms with Crippen molar-refractivity contribution in [2.45, 2.75) is 40.3 Å². The molecule has 0 atom stereocenters. The number of benzene rings is 1. The van der Waals surface area contributed by atoms with E-state index in [2.05, 4.69) is 60.0 Å². The van der Waals surface area contributed by atoms with Gasteiger partial charge < -0.3 is 5.32 Å². The van der Waals surface area contributed by atoms with Crippen molar-refractivity contribution in [1.82, 2.24) is 34.7 Å². The van der Waals surface area contributed by atoms with Crippen LogP contribution in [0.5, 0.6) is 0 Å². The summed E-state index contributed by atoms with van der Waals surface area (Å²) in [5, 5.41) is 3.10. The molecule has 0 saturated carbocycles. The van der Waals surface area contributed by atoms with Crippen LogP contribution in [0.3, 0.4) is 0 Å². The van der Waals surface area contributed by atoms with Crippen LogP contribution >= 0.6 is 0 Å². The molecule has 186 valence electrons. The van der Waals surface area contributed by atoms with Crippen molar-refractivity contribution in [2.75, 3.05) is 31.5 Å². The second-order valence-corrected chi connectivity index (χ2v) is 9.57. The van der Waals surface area contributed by atoms with Gasteiger partial charge in [0.1, 0.15) is 11.5 Å². The van der Waals surface area contributed by atoms with E-state index >= 15 is 0 Å². The largest absolute Gasteiger partial charge is 0.309 e. The molecule has 0 unspecified atom stereocenters. The minimum atomic E-state index is -0.502. The average molecular weight is 487 g/mol. The second kappa shape index (κ2) is 10.2. The zero-order valence-corrected chi connectivity index (χ0v) is 21.2. The maximum absolute atomic E-state index is 14.7. The Kier molecular flexibility index (Phi) is 6.84. The molecule has 0 radical (unpaired) electrons. The van der Waals surface area contributed by atoms with Gasteiger partial charge in [0.05, 0.1) is 28.6 Å². The van der Waals surface area contributed by atoms with E-state index in [0.717, 1.165) is 55.2 Å². The van der Waals surface area contributed by atoms with E-state index in [9.17, 15) is 4.39 Å². The number of aryl methyl sites for hydroxylation is 2. The molecule has 4 heterocycles. The third kappa shape index (κ3) is 5.32. The van der Waals surface area contributed by atoms with Crippen molar-refractivity contribution in [1.29, 1.82) is 0 Å². The lowest BCUT2D eigenvalue weighted by Crippen LogP contribution is -2.48. The third-order valence-electron chi connectivity index (χ3n) is 6.70. The number of rotatable bonds is 6. The van der Waals surface area contributed by atoms with E-state index in [0.29, 0.717) is 22.9 Å². The number of anilines is 2. The summed E-state index contributed by atoms with van der Waals surface area (Å²) in [6.07, 6.45) is 3.04. The fourth-order valence-corrected chi connectivity index (χ4v) is 4.41. The van der Waals surface area contributed by atoms with Gasteiger partial charge in [-0.05, 0) is 51.5 Å². The Morgan fingerprint density at radius 1 is 0.889 bits per heavy atom. The van der Waals surface area contributed by atoms with Crippen LogP contribution in [0.25, 0.3) is 22.3 Å². The topological polar surface area (TPSA) is 83.0 Å². The van der Waals surface area contributed by atoms with Gasteiger partial charge >= 0.3 is 0 Å². The first kappa shape index (κ1) is 24.1. The predicted molar refractivity (Wildman–Crippen MR) is 140 cm³/mol. The quantitative estimate of drug-likeness (QED) is 0.426. The van der Waals surface area contributed by atoms with E-state index in [1.54, 1.807) is 12.1 Å². The van der Waals surface area contributed by atoms with Gasteiger partial charge in [0.2, 0.25) is 5.95 Å². The highest BCUT2D eigenvalue weighted by Crippen LogP contribution is 2.25. The summed E-state index contributed by atoms with van der Waals surface area (Å²) < 4.78 is 14.7. The van der Waals surface area contributed by atoms with E-state index in [-0.39, 0.29) is 11.6 Å². The molecule has 4 aromatic rings. The number of hydrogen-bond donors (Lipinski definition) is 1. The molecule has 1 aliphatic heterocycles. The standard InChI is InChI=1S/C27H31FN8/c1-17(2)36-11-9-35(10-12-36)16-20-5-8-25(29-14-20)33-27-30-15-22(28)26(34-27)21-6-7-23-24(13-21)32-19(4)18(3)31-23/h5-8,13-15,17H,9-12,16H2,1-4H3,(H,29,30,33,34). The summed E-state index contributed by atoms with van der Waals surface area (Å²) >= 11 is 0. The first-order valence-corrected chi connectivity index (χ1v) is 12.3. The SMILES string of the molecule is Cc1nc2ccc(-c3nc(Nc4ccc(CN5CCN(C(C)C)CC5)cn4)ncc3F)cc2nc1C. The number of fused-ring (bicyclic) bond motifs is 1. The number of nitrogens with one attached hydrogen (secondary N) is 1. The van der Waals surface area contributed by atoms with Crippen LogP contribution in [0, 0.1) is 19.7 Å². The van der Waals surface area contributed by atoms with E-state index < -0.39 is 5.82 Å². The highest BCUT2D eigenvalue weighted by atomic mass is 19.1. The van der Waals surface area contributed by atoms with E-state index in [1.807, 2.05) is 32.2 Å². The molecule has 0 bridgehead atoms. The fraction of sp³-hybridized carbons (Fsp3) is 0.370. The Morgan fingerprint density at radius 3 is 2.33 bits per heavy atom. The third-order valence-corrected chi connectivity index (χ3v) is 6.70. The van der Waals surface area contributed by atoms with Gasteiger partial charge in [0.15, 0.2) is 5.82 Å². The summed E-state index contributed by atoms with van der Waals surface area (Å²) in [5.74, 6) is 0.386. The summed E-state index contributed by atoms with van der Waals surface area (Å²) in [7, 11) is 0. The molecule has 1 fully saturated rings. The number of aromatic nitrogens is 5. The Balaban J connectivity index is 1.28. The number of piperazine rings is 1. The van der Waals surface area contributed by atoms with Gasteiger partial charge in [-0.2, -0.15) is 0 Å². The zero-order valence-electron chi connectivity index (χ0n) is 21.2. The van der Waals surface area contributed by atoms with Crippen LogP contribution in [0.4, 0.5) is 16.2 Å².